The Hall–Kier alpha value is -1.51. The van der Waals surface area contributed by atoms with Gasteiger partial charge in [0.1, 0.15) is 0 Å². The molecule has 0 aromatic heterocycles. The molecule has 3 N–H and O–H groups in total. The molecule has 1 rings (SSSR count). The number of nitrogens with two attached hydrogens (primary N) is 1. The Kier molecular flexibility index (Phi) is 2.90. The van der Waals surface area contributed by atoms with Crippen molar-refractivity contribution in [3.63, 3.8) is 0 Å². The van der Waals surface area contributed by atoms with Gasteiger partial charge in [0.2, 0.25) is 0 Å². The van der Waals surface area contributed by atoms with Gasteiger partial charge in [-0.2, -0.15) is 0 Å². The van der Waals surface area contributed by atoms with Crippen molar-refractivity contribution < 1.29 is 0 Å². The Morgan fingerprint density at radius 3 is 2.31 bits per heavy atom. The fourth-order valence-electron chi connectivity index (χ4n) is 1.09. The normalized spacial score (nSPS) is 9.69. The van der Waals surface area contributed by atoms with Crippen molar-refractivity contribution in [2.75, 3.05) is 11.9 Å². The highest BCUT2D eigenvalue weighted by Gasteiger charge is 2.01. The molecule has 0 spiro atoms. The van der Waals surface area contributed by atoms with Crippen LogP contribution in [0.15, 0.2) is 24.3 Å². The first-order chi connectivity index (χ1) is 6.15. The number of nitrogens with one attached hydrogen (secondary N) is 1. The molecule has 70 valence electrons. The van der Waals surface area contributed by atoms with Gasteiger partial charge in [-0.25, -0.2) is 0 Å². The number of hydrogen-bond donors (Lipinski definition) is 2. The predicted octanol–water partition coefficient (Wildman–Crippen LogP) is 1.58. The van der Waals surface area contributed by atoms with E-state index in [4.69, 9.17) is 11.1 Å². The molecule has 0 atom stereocenters. The van der Waals surface area contributed by atoms with Crippen molar-refractivity contribution in [1.29, 1.82) is 5.41 Å². The number of benzene rings is 1. The second-order valence-electron chi connectivity index (χ2n) is 2.96. The molecule has 0 aliphatic heterocycles. The van der Waals surface area contributed by atoms with Gasteiger partial charge < -0.3 is 10.6 Å². The lowest BCUT2D eigenvalue weighted by atomic mass is 10.1. The summed E-state index contributed by atoms with van der Waals surface area (Å²) in [5, 5.41) is 7.24. The van der Waals surface area contributed by atoms with Crippen LogP contribution in [0.3, 0.4) is 0 Å². The molecule has 3 heteroatoms. The first-order valence-electron chi connectivity index (χ1n) is 4.32. The summed E-state index contributed by atoms with van der Waals surface area (Å²) in [6.45, 7) is 2.11. The van der Waals surface area contributed by atoms with Crippen molar-refractivity contribution in [3.8, 4) is 0 Å². The Labute approximate surface area is 78.7 Å². The molecule has 1 aromatic rings. The maximum Gasteiger partial charge on any atom is 0.192 e. The van der Waals surface area contributed by atoms with E-state index in [1.807, 2.05) is 12.1 Å². The molecule has 3 nitrogen and oxygen atoms in total. The summed E-state index contributed by atoms with van der Waals surface area (Å²) >= 11 is 0. The van der Waals surface area contributed by atoms with Gasteiger partial charge in [0.15, 0.2) is 5.96 Å². The van der Waals surface area contributed by atoms with Gasteiger partial charge in [0, 0.05) is 12.7 Å². The maximum absolute atomic E-state index is 7.24. The lowest BCUT2D eigenvalue weighted by molar-refractivity contribution is 1.13. The van der Waals surface area contributed by atoms with Crippen LogP contribution in [0.2, 0.25) is 0 Å². The SMILES string of the molecule is CCc1ccc(N(C)C(=N)N)cc1. The van der Waals surface area contributed by atoms with E-state index in [2.05, 4.69) is 19.1 Å². The van der Waals surface area contributed by atoms with E-state index in [9.17, 15) is 0 Å². The fraction of sp³-hybridized carbons (Fsp3) is 0.300. The summed E-state index contributed by atoms with van der Waals surface area (Å²) in [4.78, 5) is 1.64. The van der Waals surface area contributed by atoms with Gasteiger partial charge in [-0.3, -0.25) is 5.41 Å². The lowest BCUT2D eigenvalue weighted by Gasteiger charge is -2.16. The number of nitrogens with zero attached hydrogens (tertiary/aromatic N) is 1. The number of hydrogen-bond acceptors (Lipinski definition) is 1. The highest BCUT2D eigenvalue weighted by atomic mass is 15.2. The number of aryl methyl sites for hydroxylation is 1. The molecular weight excluding hydrogens is 162 g/mol. The third kappa shape index (κ3) is 2.21. The minimum atomic E-state index is 0.0595. The van der Waals surface area contributed by atoms with E-state index in [1.165, 1.54) is 5.56 Å². The van der Waals surface area contributed by atoms with Crippen LogP contribution >= 0.6 is 0 Å². The van der Waals surface area contributed by atoms with E-state index in [1.54, 1.807) is 11.9 Å². The van der Waals surface area contributed by atoms with Crippen molar-refractivity contribution in [3.05, 3.63) is 29.8 Å². The second-order valence-corrected chi connectivity index (χ2v) is 2.96. The Morgan fingerprint density at radius 1 is 1.38 bits per heavy atom. The molecule has 13 heavy (non-hydrogen) atoms. The molecular formula is C10H15N3. The molecule has 0 saturated heterocycles. The Bertz CT molecular complexity index is 290. The van der Waals surface area contributed by atoms with Crippen molar-refractivity contribution in [2.24, 2.45) is 5.73 Å². The van der Waals surface area contributed by atoms with Crippen LogP contribution < -0.4 is 10.6 Å². The van der Waals surface area contributed by atoms with Crippen LogP contribution in [0.1, 0.15) is 12.5 Å². The maximum atomic E-state index is 7.24. The third-order valence-electron chi connectivity index (χ3n) is 2.09. The lowest BCUT2D eigenvalue weighted by Crippen LogP contribution is -2.32. The smallest absolute Gasteiger partial charge is 0.192 e. The van der Waals surface area contributed by atoms with E-state index < -0.39 is 0 Å². The molecule has 0 fully saturated rings. The monoisotopic (exact) mass is 177 g/mol. The molecule has 0 aliphatic carbocycles. The molecule has 0 saturated carbocycles. The van der Waals surface area contributed by atoms with Gasteiger partial charge in [0.25, 0.3) is 0 Å². The highest BCUT2D eigenvalue weighted by molar-refractivity contribution is 5.91. The third-order valence-corrected chi connectivity index (χ3v) is 2.09. The van der Waals surface area contributed by atoms with Gasteiger partial charge in [-0.15, -0.1) is 0 Å². The van der Waals surface area contributed by atoms with Gasteiger partial charge in [0.05, 0.1) is 0 Å². The highest BCUT2D eigenvalue weighted by Crippen LogP contribution is 2.13. The topological polar surface area (TPSA) is 53.1 Å². The minimum absolute atomic E-state index is 0.0595. The molecule has 0 radical (unpaired) electrons. The van der Waals surface area contributed by atoms with E-state index in [0.717, 1.165) is 12.1 Å². The fourth-order valence-corrected chi connectivity index (χ4v) is 1.09. The zero-order chi connectivity index (χ0) is 9.84. The largest absolute Gasteiger partial charge is 0.370 e. The summed E-state index contributed by atoms with van der Waals surface area (Å²) in [5.41, 5.74) is 7.59. The second kappa shape index (κ2) is 3.94. The first-order valence-corrected chi connectivity index (χ1v) is 4.32. The summed E-state index contributed by atoms with van der Waals surface area (Å²) in [7, 11) is 1.78. The predicted molar refractivity (Wildman–Crippen MR) is 56.1 cm³/mol. The summed E-state index contributed by atoms with van der Waals surface area (Å²) < 4.78 is 0. The van der Waals surface area contributed by atoms with Crippen molar-refractivity contribution >= 4 is 11.6 Å². The van der Waals surface area contributed by atoms with Gasteiger partial charge in [-0.05, 0) is 24.1 Å². The van der Waals surface area contributed by atoms with E-state index in [-0.39, 0.29) is 5.96 Å². The Morgan fingerprint density at radius 2 is 1.92 bits per heavy atom. The van der Waals surface area contributed by atoms with Crippen LogP contribution in [0, 0.1) is 5.41 Å². The van der Waals surface area contributed by atoms with E-state index >= 15 is 0 Å². The van der Waals surface area contributed by atoms with Crippen LogP contribution in [-0.4, -0.2) is 13.0 Å². The summed E-state index contributed by atoms with van der Waals surface area (Å²) in [6, 6.07) is 8.05. The average molecular weight is 177 g/mol. The van der Waals surface area contributed by atoms with E-state index in [0.29, 0.717) is 0 Å². The first kappa shape index (κ1) is 9.58. The quantitative estimate of drug-likeness (QED) is 0.532. The molecule has 0 bridgehead atoms. The van der Waals surface area contributed by atoms with Crippen molar-refractivity contribution in [2.45, 2.75) is 13.3 Å². The average Bonchev–Trinajstić information content (AvgIpc) is 2.17. The summed E-state index contributed by atoms with van der Waals surface area (Å²) in [6.07, 6.45) is 1.03. The van der Waals surface area contributed by atoms with Gasteiger partial charge in [-0.1, -0.05) is 19.1 Å². The number of rotatable bonds is 2. The van der Waals surface area contributed by atoms with Crippen molar-refractivity contribution in [1.82, 2.24) is 0 Å². The van der Waals surface area contributed by atoms with Crippen LogP contribution in [0.5, 0.6) is 0 Å². The molecule has 0 unspecified atom stereocenters. The number of guanidine groups is 1. The van der Waals surface area contributed by atoms with Crippen LogP contribution in [0.25, 0.3) is 0 Å². The number of anilines is 1. The van der Waals surface area contributed by atoms with Crippen LogP contribution in [0.4, 0.5) is 5.69 Å². The minimum Gasteiger partial charge on any atom is -0.370 e. The summed E-state index contributed by atoms with van der Waals surface area (Å²) in [5.74, 6) is 0.0595. The molecule has 0 heterocycles. The zero-order valence-corrected chi connectivity index (χ0v) is 8.04. The molecule has 0 aliphatic rings. The zero-order valence-electron chi connectivity index (χ0n) is 8.04. The van der Waals surface area contributed by atoms with Crippen LogP contribution in [-0.2, 0) is 6.42 Å². The van der Waals surface area contributed by atoms with Gasteiger partial charge >= 0.3 is 0 Å². The molecule has 1 aromatic carbocycles. The molecule has 0 amide bonds. The Balaban J connectivity index is 2.85. The standard InChI is InChI=1S/C10H15N3/c1-3-8-4-6-9(7-5-8)13(2)10(11)12/h4-7H,3H2,1-2H3,(H3,11,12).